The zero-order chi connectivity index (χ0) is 18.7. The molecule has 0 bridgehead atoms. The standard InChI is InChI=1S/C19H20ClFN2O2/c1-11-7-12(2)19(13(3)8-11)23(14(4)24)10-18(25)22-15-5-6-17(21)16(20)9-15/h5-9H,10H2,1-4H3,(H,22,25). The molecule has 0 radical (unpaired) electrons. The van der Waals surface area contributed by atoms with E-state index in [1.54, 1.807) is 0 Å². The van der Waals surface area contributed by atoms with Crippen LogP contribution in [0.25, 0.3) is 0 Å². The first-order valence-electron chi connectivity index (χ1n) is 7.80. The van der Waals surface area contributed by atoms with Crippen molar-refractivity contribution < 1.29 is 14.0 Å². The number of hydrogen-bond acceptors (Lipinski definition) is 2. The Bertz CT molecular complexity index is 813. The van der Waals surface area contributed by atoms with Gasteiger partial charge in [0.1, 0.15) is 12.4 Å². The molecule has 0 spiro atoms. The number of amides is 2. The fourth-order valence-electron chi connectivity index (χ4n) is 2.86. The van der Waals surface area contributed by atoms with E-state index in [-0.39, 0.29) is 17.5 Å². The summed E-state index contributed by atoms with van der Waals surface area (Å²) >= 11 is 5.71. The Balaban J connectivity index is 2.23. The highest BCUT2D eigenvalue weighted by Gasteiger charge is 2.20. The van der Waals surface area contributed by atoms with Gasteiger partial charge in [-0.25, -0.2) is 4.39 Å². The Hall–Kier alpha value is -2.40. The number of halogens is 2. The lowest BCUT2D eigenvalue weighted by molar-refractivity contribution is -0.120. The normalized spacial score (nSPS) is 10.5. The monoisotopic (exact) mass is 362 g/mol. The highest BCUT2D eigenvalue weighted by molar-refractivity contribution is 6.31. The third kappa shape index (κ3) is 4.57. The summed E-state index contributed by atoms with van der Waals surface area (Å²) in [6.45, 7) is 7.06. The molecule has 0 aromatic heterocycles. The Kier molecular flexibility index (Phi) is 5.80. The van der Waals surface area contributed by atoms with Gasteiger partial charge >= 0.3 is 0 Å². The molecule has 2 amide bonds. The van der Waals surface area contributed by atoms with Gasteiger partial charge < -0.3 is 10.2 Å². The first kappa shape index (κ1) is 18.9. The summed E-state index contributed by atoms with van der Waals surface area (Å²) in [5, 5.41) is 2.55. The van der Waals surface area contributed by atoms with Gasteiger partial charge in [-0.3, -0.25) is 9.59 Å². The van der Waals surface area contributed by atoms with E-state index in [1.165, 1.54) is 30.0 Å². The lowest BCUT2D eigenvalue weighted by atomic mass is 10.0. The van der Waals surface area contributed by atoms with Crippen molar-refractivity contribution >= 4 is 34.8 Å². The Labute approximate surface area is 151 Å². The molecule has 0 atom stereocenters. The first-order valence-corrected chi connectivity index (χ1v) is 8.17. The van der Waals surface area contributed by atoms with Crippen LogP contribution in [0.1, 0.15) is 23.6 Å². The minimum absolute atomic E-state index is 0.0774. The molecule has 0 heterocycles. The number of nitrogens with zero attached hydrogens (tertiary/aromatic N) is 1. The molecule has 0 saturated carbocycles. The molecule has 132 valence electrons. The van der Waals surface area contributed by atoms with Crippen LogP contribution in [0.4, 0.5) is 15.8 Å². The van der Waals surface area contributed by atoms with Gasteiger partial charge in [0.2, 0.25) is 11.8 Å². The van der Waals surface area contributed by atoms with Crippen LogP contribution in [0.5, 0.6) is 0 Å². The largest absolute Gasteiger partial charge is 0.324 e. The third-order valence-electron chi connectivity index (χ3n) is 3.79. The van der Waals surface area contributed by atoms with Crippen molar-refractivity contribution in [2.45, 2.75) is 27.7 Å². The van der Waals surface area contributed by atoms with Gasteiger partial charge in [0.05, 0.1) is 10.7 Å². The van der Waals surface area contributed by atoms with Crippen LogP contribution in [-0.2, 0) is 9.59 Å². The summed E-state index contributed by atoms with van der Waals surface area (Å²) in [4.78, 5) is 25.9. The maximum atomic E-state index is 13.2. The maximum absolute atomic E-state index is 13.2. The van der Waals surface area contributed by atoms with E-state index in [4.69, 9.17) is 11.6 Å². The smallest absolute Gasteiger partial charge is 0.244 e. The van der Waals surface area contributed by atoms with Crippen molar-refractivity contribution in [3.63, 3.8) is 0 Å². The Morgan fingerprint density at radius 3 is 2.24 bits per heavy atom. The lowest BCUT2D eigenvalue weighted by Crippen LogP contribution is -2.37. The second-order valence-electron chi connectivity index (χ2n) is 6.03. The van der Waals surface area contributed by atoms with Crippen LogP contribution in [0.2, 0.25) is 5.02 Å². The van der Waals surface area contributed by atoms with Gasteiger partial charge in [-0.2, -0.15) is 0 Å². The van der Waals surface area contributed by atoms with Crippen molar-refractivity contribution in [1.82, 2.24) is 0 Å². The highest BCUT2D eigenvalue weighted by atomic mass is 35.5. The minimum atomic E-state index is -0.559. The number of aryl methyl sites for hydroxylation is 3. The molecule has 4 nitrogen and oxygen atoms in total. The van der Waals surface area contributed by atoms with E-state index in [1.807, 2.05) is 32.9 Å². The van der Waals surface area contributed by atoms with Gasteiger partial charge in [-0.1, -0.05) is 29.3 Å². The van der Waals surface area contributed by atoms with Crippen molar-refractivity contribution in [3.8, 4) is 0 Å². The van der Waals surface area contributed by atoms with Crippen LogP contribution in [0.3, 0.4) is 0 Å². The lowest BCUT2D eigenvalue weighted by Gasteiger charge is -2.25. The van der Waals surface area contributed by atoms with Gasteiger partial charge in [0.15, 0.2) is 0 Å². The molecular weight excluding hydrogens is 343 g/mol. The quantitative estimate of drug-likeness (QED) is 0.876. The SMILES string of the molecule is CC(=O)N(CC(=O)Nc1ccc(F)c(Cl)c1)c1c(C)cc(C)cc1C. The molecule has 1 N–H and O–H groups in total. The molecular formula is C19H20ClFN2O2. The maximum Gasteiger partial charge on any atom is 0.244 e. The van der Waals surface area contributed by atoms with Gasteiger partial charge in [-0.15, -0.1) is 0 Å². The number of benzene rings is 2. The molecule has 0 saturated heterocycles. The minimum Gasteiger partial charge on any atom is -0.324 e. The summed E-state index contributed by atoms with van der Waals surface area (Å²) < 4.78 is 13.2. The third-order valence-corrected chi connectivity index (χ3v) is 4.08. The summed E-state index contributed by atoms with van der Waals surface area (Å²) in [5.41, 5.74) is 4.03. The number of rotatable bonds is 4. The topological polar surface area (TPSA) is 49.4 Å². The van der Waals surface area contributed by atoms with Crippen molar-refractivity contribution in [2.75, 3.05) is 16.8 Å². The van der Waals surface area contributed by atoms with E-state index < -0.39 is 11.7 Å². The summed E-state index contributed by atoms with van der Waals surface area (Å²) in [6.07, 6.45) is 0. The Morgan fingerprint density at radius 2 is 1.72 bits per heavy atom. The highest BCUT2D eigenvalue weighted by Crippen LogP contribution is 2.26. The molecule has 2 aromatic carbocycles. The number of anilines is 2. The molecule has 0 aliphatic heterocycles. The number of carbonyl (C=O) groups is 2. The molecule has 0 fully saturated rings. The molecule has 6 heteroatoms. The predicted molar refractivity (Wildman–Crippen MR) is 98.7 cm³/mol. The second kappa shape index (κ2) is 7.66. The number of nitrogens with one attached hydrogen (secondary N) is 1. The van der Waals surface area contributed by atoms with E-state index >= 15 is 0 Å². The van der Waals surface area contributed by atoms with Crippen molar-refractivity contribution in [2.24, 2.45) is 0 Å². The van der Waals surface area contributed by atoms with Crippen LogP contribution in [0.15, 0.2) is 30.3 Å². The molecule has 0 unspecified atom stereocenters. The van der Waals surface area contributed by atoms with Crippen LogP contribution in [0, 0.1) is 26.6 Å². The van der Waals surface area contributed by atoms with E-state index in [9.17, 15) is 14.0 Å². The average Bonchev–Trinajstić information content (AvgIpc) is 2.48. The van der Waals surface area contributed by atoms with Crippen molar-refractivity contribution in [3.05, 3.63) is 57.9 Å². The van der Waals surface area contributed by atoms with Gasteiger partial charge in [0.25, 0.3) is 0 Å². The first-order chi connectivity index (χ1) is 11.7. The summed E-state index contributed by atoms with van der Waals surface area (Å²) in [6, 6.07) is 7.86. The predicted octanol–water partition coefficient (Wildman–Crippen LogP) is 4.40. The Morgan fingerprint density at radius 1 is 1.12 bits per heavy atom. The van der Waals surface area contributed by atoms with E-state index in [0.717, 1.165) is 22.4 Å². The second-order valence-corrected chi connectivity index (χ2v) is 6.44. The summed E-state index contributed by atoms with van der Waals surface area (Å²) in [5.74, 6) is -1.18. The van der Waals surface area contributed by atoms with Gasteiger partial charge in [0, 0.05) is 12.6 Å². The number of carbonyl (C=O) groups excluding carboxylic acids is 2. The molecule has 0 aliphatic rings. The van der Waals surface area contributed by atoms with Gasteiger partial charge in [-0.05, 0) is 50.1 Å². The van der Waals surface area contributed by atoms with Crippen molar-refractivity contribution in [1.29, 1.82) is 0 Å². The number of hydrogen-bond donors (Lipinski definition) is 1. The zero-order valence-electron chi connectivity index (χ0n) is 14.6. The van der Waals surface area contributed by atoms with Crippen LogP contribution < -0.4 is 10.2 Å². The average molecular weight is 363 g/mol. The van der Waals surface area contributed by atoms with Crippen LogP contribution >= 0.6 is 11.6 Å². The molecule has 0 aliphatic carbocycles. The molecule has 2 rings (SSSR count). The fourth-order valence-corrected chi connectivity index (χ4v) is 3.04. The van der Waals surface area contributed by atoms with E-state index in [2.05, 4.69) is 5.32 Å². The van der Waals surface area contributed by atoms with Crippen LogP contribution in [-0.4, -0.2) is 18.4 Å². The van der Waals surface area contributed by atoms with E-state index in [0.29, 0.717) is 5.69 Å². The zero-order valence-corrected chi connectivity index (χ0v) is 15.4. The molecule has 2 aromatic rings. The molecule has 25 heavy (non-hydrogen) atoms. The fraction of sp³-hybridized carbons (Fsp3) is 0.263. The summed E-state index contributed by atoms with van der Waals surface area (Å²) in [7, 11) is 0.